The Hall–Kier alpha value is -3.57. The first kappa shape index (κ1) is 24.6. The Balaban J connectivity index is 1.64. The van der Waals surface area contributed by atoms with E-state index < -0.39 is 48.7 Å². The molecule has 0 spiro atoms. The van der Waals surface area contributed by atoms with Crippen LogP contribution in [0.25, 0.3) is 22.0 Å². The zero-order valence-electron chi connectivity index (χ0n) is 19.1. The fourth-order valence-electron chi connectivity index (χ4n) is 4.24. The van der Waals surface area contributed by atoms with Crippen molar-refractivity contribution in [2.75, 3.05) is 6.54 Å². The zero-order chi connectivity index (χ0) is 25.3. The lowest BCUT2D eigenvalue weighted by Gasteiger charge is -2.28. The summed E-state index contributed by atoms with van der Waals surface area (Å²) in [5.41, 5.74) is 2.64. The summed E-state index contributed by atoms with van der Waals surface area (Å²) in [5.74, 6) is -4.76. The highest BCUT2D eigenvalue weighted by atomic mass is 35.5. The Bertz CT molecular complexity index is 1320. The number of nitrogens with one attached hydrogen (secondary N) is 1. The third kappa shape index (κ3) is 5.10. The van der Waals surface area contributed by atoms with Gasteiger partial charge in [0, 0.05) is 23.0 Å². The normalized spacial score (nSPS) is 17.9. The summed E-state index contributed by atoms with van der Waals surface area (Å²) in [5, 5.41) is 13.2. The Morgan fingerprint density at radius 1 is 1.17 bits per heavy atom. The van der Waals surface area contributed by atoms with Gasteiger partial charge in [-0.25, -0.2) is 8.78 Å². The number of alkyl halides is 2. The van der Waals surface area contributed by atoms with Crippen LogP contribution in [0.3, 0.4) is 0 Å². The van der Waals surface area contributed by atoms with Gasteiger partial charge in [0.25, 0.3) is 11.8 Å². The minimum absolute atomic E-state index is 0.299. The molecule has 6 nitrogen and oxygen atoms in total. The van der Waals surface area contributed by atoms with Crippen molar-refractivity contribution in [2.24, 2.45) is 5.92 Å². The van der Waals surface area contributed by atoms with Gasteiger partial charge in [-0.3, -0.25) is 14.6 Å². The van der Waals surface area contributed by atoms with Crippen LogP contribution < -0.4 is 5.32 Å². The topological polar surface area (TPSA) is 86.1 Å². The summed E-state index contributed by atoms with van der Waals surface area (Å²) in [6.45, 7) is 2.58. The molecule has 2 heterocycles. The molecular weight excluding hydrogens is 474 g/mol. The number of nitrogens with zero attached hydrogens (tertiary/aromatic N) is 3. The number of pyridine rings is 1. The van der Waals surface area contributed by atoms with Gasteiger partial charge in [-0.15, -0.1) is 0 Å². The van der Waals surface area contributed by atoms with Gasteiger partial charge in [0.05, 0.1) is 23.7 Å². The molecule has 1 N–H and O–H groups in total. The van der Waals surface area contributed by atoms with Crippen molar-refractivity contribution in [3.8, 4) is 17.2 Å². The summed E-state index contributed by atoms with van der Waals surface area (Å²) < 4.78 is 27.8. The van der Waals surface area contributed by atoms with E-state index in [1.807, 2.05) is 24.3 Å². The SMILES string of the molecule is CC(C)[C@H](NC(=O)c1ccnc2ccc(-c3ccc(Cl)cc3)cc12)C(=O)N1CC(F)(F)C[C@H]1C#N. The maximum atomic E-state index is 13.9. The van der Waals surface area contributed by atoms with Gasteiger partial charge in [0.15, 0.2) is 0 Å². The molecule has 1 aliphatic heterocycles. The number of hydrogen-bond donors (Lipinski definition) is 1. The molecule has 9 heteroatoms. The van der Waals surface area contributed by atoms with E-state index in [2.05, 4.69) is 10.3 Å². The molecule has 1 aromatic heterocycles. The van der Waals surface area contributed by atoms with Crippen LogP contribution in [0.4, 0.5) is 8.78 Å². The molecule has 3 aromatic rings. The molecular formula is C26H23ClF2N4O2. The zero-order valence-corrected chi connectivity index (χ0v) is 19.9. The molecule has 0 saturated carbocycles. The number of carbonyl (C=O) groups is 2. The van der Waals surface area contributed by atoms with E-state index >= 15 is 0 Å². The van der Waals surface area contributed by atoms with Crippen molar-refractivity contribution >= 4 is 34.3 Å². The van der Waals surface area contributed by atoms with Gasteiger partial charge in [0.2, 0.25) is 5.91 Å². The minimum Gasteiger partial charge on any atom is -0.340 e. The maximum absolute atomic E-state index is 13.9. The molecule has 4 rings (SSSR count). The largest absolute Gasteiger partial charge is 0.340 e. The highest BCUT2D eigenvalue weighted by Gasteiger charge is 2.49. The van der Waals surface area contributed by atoms with Crippen LogP contribution >= 0.6 is 11.6 Å². The predicted molar refractivity (Wildman–Crippen MR) is 129 cm³/mol. The monoisotopic (exact) mass is 496 g/mol. The second kappa shape index (κ2) is 9.59. The fourth-order valence-corrected chi connectivity index (χ4v) is 4.37. The number of rotatable bonds is 5. The average molecular weight is 497 g/mol. The first-order valence-corrected chi connectivity index (χ1v) is 11.5. The van der Waals surface area contributed by atoms with Crippen LogP contribution in [0.1, 0.15) is 30.6 Å². The molecule has 2 aromatic carbocycles. The molecule has 1 saturated heterocycles. The van der Waals surface area contributed by atoms with Crippen LogP contribution in [0.5, 0.6) is 0 Å². The van der Waals surface area contributed by atoms with E-state index in [-0.39, 0.29) is 0 Å². The molecule has 1 aliphatic rings. The van der Waals surface area contributed by atoms with E-state index in [0.717, 1.165) is 16.0 Å². The highest BCUT2D eigenvalue weighted by Crippen LogP contribution is 2.33. The van der Waals surface area contributed by atoms with Crippen molar-refractivity contribution in [2.45, 2.75) is 38.3 Å². The second-order valence-electron chi connectivity index (χ2n) is 8.96. The summed E-state index contributed by atoms with van der Waals surface area (Å²) in [7, 11) is 0. The molecule has 0 bridgehead atoms. The number of hydrogen-bond acceptors (Lipinski definition) is 4. The van der Waals surface area contributed by atoms with Crippen molar-refractivity contribution < 1.29 is 18.4 Å². The molecule has 2 amide bonds. The number of benzene rings is 2. The highest BCUT2D eigenvalue weighted by molar-refractivity contribution is 6.30. The first-order valence-electron chi connectivity index (χ1n) is 11.1. The third-order valence-corrected chi connectivity index (χ3v) is 6.34. The van der Waals surface area contributed by atoms with E-state index in [1.165, 1.54) is 6.20 Å². The van der Waals surface area contributed by atoms with Crippen molar-refractivity contribution in [1.29, 1.82) is 5.26 Å². The molecule has 0 aliphatic carbocycles. The van der Waals surface area contributed by atoms with Crippen LogP contribution in [-0.2, 0) is 4.79 Å². The van der Waals surface area contributed by atoms with Gasteiger partial charge in [-0.1, -0.05) is 43.6 Å². The maximum Gasteiger partial charge on any atom is 0.268 e. The van der Waals surface area contributed by atoms with Crippen molar-refractivity contribution in [3.05, 3.63) is 65.3 Å². The summed E-state index contributed by atoms with van der Waals surface area (Å²) in [6, 6.07) is 13.8. The Morgan fingerprint density at radius 2 is 1.86 bits per heavy atom. The van der Waals surface area contributed by atoms with Gasteiger partial charge in [-0.05, 0) is 47.4 Å². The third-order valence-electron chi connectivity index (χ3n) is 6.09. The number of fused-ring (bicyclic) bond motifs is 1. The number of carbonyl (C=O) groups excluding carboxylic acids is 2. The van der Waals surface area contributed by atoms with E-state index in [0.29, 0.717) is 21.5 Å². The van der Waals surface area contributed by atoms with Gasteiger partial charge < -0.3 is 10.2 Å². The summed E-state index contributed by atoms with van der Waals surface area (Å²) >= 11 is 5.99. The standard InChI is InChI=1S/C26H23ClF2N4O2/c1-15(2)23(25(35)33-14-26(28,29)12-19(33)13-30)32-24(34)20-9-10-31-22-8-5-17(11-21(20)22)16-3-6-18(27)7-4-16/h3-11,15,19,23H,12,14H2,1-2H3,(H,32,34)/t19-,23-/m0/s1. The van der Waals surface area contributed by atoms with Crippen LogP contribution in [0, 0.1) is 17.2 Å². The molecule has 0 unspecified atom stereocenters. The Morgan fingerprint density at radius 3 is 2.51 bits per heavy atom. The lowest BCUT2D eigenvalue weighted by atomic mass is 9.99. The number of halogens is 3. The van der Waals surface area contributed by atoms with Gasteiger partial charge in [0.1, 0.15) is 12.1 Å². The molecule has 2 atom stereocenters. The van der Waals surface area contributed by atoms with Crippen LogP contribution in [0.15, 0.2) is 54.7 Å². The van der Waals surface area contributed by atoms with Gasteiger partial charge in [-0.2, -0.15) is 5.26 Å². The van der Waals surface area contributed by atoms with E-state index in [4.69, 9.17) is 11.6 Å². The average Bonchev–Trinajstić information content (AvgIpc) is 3.16. The Kier molecular flexibility index (Phi) is 6.73. The molecule has 35 heavy (non-hydrogen) atoms. The van der Waals surface area contributed by atoms with Crippen molar-refractivity contribution in [3.63, 3.8) is 0 Å². The number of nitriles is 1. The molecule has 1 fully saturated rings. The number of likely N-dealkylation sites (tertiary alicyclic amines) is 1. The Labute approximate surface area is 206 Å². The van der Waals surface area contributed by atoms with Gasteiger partial charge >= 0.3 is 0 Å². The lowest BCUT2D eigenvalue weighted by Crippen LogP contribution is -2.52. The lowest BCUT2D eigenvalue weighted by molar-refractivity contribution is -0.135. The van der Waals surface area contributed by atoms with Crippen LogP contribution in [-0.4, -0.2) is 46.2 Å². The quantitative estimate of drug-likeness (QED) is 0.534. The van der Waals surface area contributed by atoms with Crippen LogP contribution in [0.2, 0.25) is 5.02 Å². The molecule has 0 radical (unpaired) electrons. The minimum atomic E-state index is -3.14. The smallest absolute Gasteiger partial charge is 0.268 e. The fraction of sp³-hybridized carbons (Fsp3) is 0.308. The first-order chi connectivity index (χ1) is 16.6. The second-order valence-corrected chi connectivity index (χ2v) is 9.40. The number of amides is 2. The van der Waals surface area contributed by atoms with E-state index in [1.54, 1.807) is 44.2 Å². The molecule has 180 valence electrons. The van der Waals surface area contributed by atoms with Crippen molar-refractivity contribution in [1.82, 2.24) is 15.2 Å². The predicted octanol–water partition coefficient (Wildman–Crippen LogP) is 5.07. The summed E-state index contributed by atoms with van der Waals surface area (Å²) in [6.07, 6.45) is 0.786. The number of aromatic nitrogens is 1. The summed E-state index contributed by atoms with van der Waals surface area (Å²) in [4.78, 5) is 31.7. The van der Waals surface area contributed by atoms with E-state index in [9.17, 15) is 23.6 Å².